The zero-order valence-electron chi connectivity index (χ0n) is 10.6. The van der Waals surface area contributed by atoms with Crippen LogP contribution < -0.4 is 5.73 Å². The SMILES string of the molecule is CC1CCC(C)N1C(=O)c1ccnc(C(N)=O)c1. The summed E-state index contributed by atoms with van der Waals surface area (Å²) in [6.45, 7) is 4.08. The van der Waals surface area contributed by atoms with E-state index in [4.69, 9.17) is 5.73 Å². The van der Waals surface area contributed by atoms with Crippen molar-refractivity contribution >= 4 is 11.8 Å². The molecule has 0 bridgehead atoms. The van der Waals surface area contributed by atoms with E-state index in [0.29, 0.717) is 5.56 Å². The van der Waals surface area contributed by atoms with E-state index in [1.807, 2.05) is 18.7 Å². The summed E-state index contributed by atoms with van der Waals surface area (Å²) in [5.74, 6) is -0.676. The summed E-state index contributed by atoms with van der Waals surface area (Å²) >= 11 is 0. The molecule has 96 valence electrons. The van der Waals surface area contributed by atoms with Crippen LogP contribution in [-0.2, 0) is 0 Å². The fourth-order valence-corrected chi connectivity index (χ4v) is 2.44. The van der Waals surface area contributed by atoms with Gasteiger partial charge in [0.15, 0.2) is 0 Å². The Kier molecular flexibility index (Phi) is 3.32. The lowest BCUT2D eigenvalue weighted by Crippen LogP contribution is -2.38. The first-order valence-corrected chi connectivity index (χ1v) is 6.09. The van der Waals surface area contributed by atoms with Crippen LogP contribution in [0.15, 0.2) is 18.3 Å². The largest absolute Gasteiger partial charge is 0.364 e. The average Bonchev–Trinajstić information content (AvgIpc) is 2.68. The van der Waals surface area contributed by atoms with E-state index in [1.54, 1.807) is 6.07 Å². The molecule has 5 heteroatoms. The number of amides is 2. The number of primary amides is 1. The lowest BCUT2D eigenvalue weighted by molar-refractivity contribution is 0.0692. The van der Waals surface area contributed by atoms with Gasteiger partial charge in [0.2, 0.25) is 0 Å². The van der Waals surface area contributed by atoms with Gasteiger partial charge in [0.25, 0.3) is 11.8 Å². The van der Waals surface area contributed by atoms with Crippen LogP contribution in [0.5, 0.6) is 0 Å². The number of pyridine rings is 1. The zero-order valence-corrected chi connectivity index (χ0v) is 10.6. The first kappa shape index (κ1) is 12.5. The normalized spacial score (nSPS) is 23.1. The van der Waals surface area contributed by atoms with Gasteiger partial charge in [0, 0.05) is 23.8 Å². The summed E-state index contributed by atoms with van der Waals surface area (Å²) < 4.78 is 0. The van der Waals surface area contributed by atoms with Crippen LogP contribution in [0.2, 0.25) is 0 Å². The Balaban J connectivity index is 2.28. The first-order chi connectivity index (χ1) is 8.50. The molecule has 1 aromatic heterocycles. The van der Waals surface area contributed by atoms with Crippen molar-refractivity contribution in [3.8, 4) is 0 Å². The van der Waals surface area contributed by atoms with E-state index in [1.165, 1.54) is 12.3 Å². The summed E-state index contributed by atoms with van der Waals surface area (Å²) in [7, 11) is 0. The fraction of sp³-hybridized carbons (Fsp3) is 0.462. The van der Waals surface area contributed by atoms with Crippen molar-refractivity contribution in [2.24, 2.45) is 5.73 Å². The molecular formula is C13H17N3O2. The molecule has 0 spiro atoms. The third kappa shape index (κ3) is 2.20. The summed E-state index contributed by atoms with van der Waals surface area (Å²) in [5, 5.41) is 0. The number of nitrogens with two attached hydrogens (primary N) is 1. The third-order valence-corrected chi connectivity index (χ3v) is 3.45. The molecule has 5 nitrogen and oxygen atoms in total. The number of aromatic nitrogens is 1. The number of hydrogen-bond donors (Lipinski definition) is 1. The molecule has 2 rings (SSSR count). The molecule has 2 atom stereocenters. The highest BCUT2D eigenvalue weighted by atomic mass is 16.2. The van der Waals surface area contributed by atoms with Crippen LogP contribution in [0.3, 0.4) is 0 Å². The second kappa shape index (κ2) is 4.76. The number of rotatable bonds is 2. The number of carbonyl (C=O) groups is 2. The minimum atomic E-state index is -0.618. The Labute approximate surface area is 106 Å². The second-order valence-corrected chi connectivity index (χ2v) is 4.78. The molecule has 0 saturated carbocycles. The molecular weight excluding hydrogens is 230 g/mol. The van der Waals surface area contributed by atoms with Gasteiger partial charge in [0.1, 0.15) is 5.69 Å². The van der Waals surface area contributed by atoms with Gasteiger partial charge in [-0.1, -0.05) is 0 Å². The molecule has 2 heterocycles. The maximum absolute atomic E-state index is 12.4. The Morgan fingerprint density at radius 2 is 1.94 bits per heavy atom. The van der Waals surface area contributed by atoms with Crippen LogP contribution in [-0.4, -0.2) is 33.8 Å². The molecule has 1 aliphatic rings. The molecule has 1 aromatic rings. The molecule has 2 unspecified atom stereocenters. The Morgan fingerprint density at radius 1 is 1.33 bits per heavy atom. The maximum Gasteiger partial charge on any atom is 0.267 e. The maximum atomic E-state index is 12.4. The predicted molar refractivity (Wildman–Crippen MR) is 67.1 cm³/mol. The monoisotopic (exact) mass is 247 g/mol. The van der Waals surface area contributed by atoms with E-state index in [-0.39, 0.29) is 23.7 Å². The lowest BCUT2D eigenvalue weighted by Gasteiger charge is -2.26. The van der Waals surface area contributed by atoms with Crippen molar-refractivity contribution in [1.82, 2.24) is 9.88 Å². The minimum Gasteiger partial charge on any atom is -0.364 e. The van der Waals surface area contributed by atoms with Gasteiger partial charge in [0.05, 0.1) is 0 Å². The van der Waals surface area contributed by atoms with Crippen LogP contribution in [0.1, 0.15) is 47.5 Å². The topological polar surface area (TPSA) is 76.3 Å². The molecule has 0 aliphatic carbocycles. The van der Waals surface area contributed by atoms with Gasteiger partial charge in [-0.25, -0.2) is 0 Å². The average molecular weight is 247 g/mol. The standard InChI is InChI=1S/C13H17N3O2/c1-8-3-4-9(2)16(8)13(18)10-5-6-15-11(7-10)12(14)17/h5-9H,3-4H2,1-2H3,(H2,14,17). The Hall–Kier alpha value is -1.91. The number of nitrogens with zero attached hydrogens (tertiary/aromatic N) is 2. The molecule has 2 amide bonds. The van der Waals surface area contributed by atoms with Crippen LogP contribution >= 0.6 is 0 Å². The quantitative estimate of drug-likeness (QED) is 0.853. The van der Waals surface area contributed by atoms with E-state index in [0.717, 1.165) is 12.8 Å². The van der Waals surface area contributed by atoms with Gasteiger partial charge in [-0.2, -0.15) is 0 Å². The number of likely N-dealkylation sites (tertiary alicyclic amines) is 1. The molecule has 1 saturated heterocycles. The van der Waals surface area contributed by atoms with Gasteiger partial charge in [-0.3, -0.25) is 14.6 Å². The first-order valence-electron chi connectivity index (χ1n) is 6.09. The van der Waals surface area contributed by atoms with Crippen molar-refractivity contribution in [2.75, 3.05) is 0 Å². The van der Waals surface area contributed by atoms with Crippen molar-refractivity contribution in [2.45, 2.75) is 38.8 Å². The van der Waals surface area contributed by atoms with Crippen molar-refractivity contribution in [3.05, 3.63) is 29.6 Å². The van der Waals surface area contributed by atoms with Crippen LogP contribution in [0.4, 0.5) is 0 Å². The molecule has 2 N–H and O–H groups in total. The zero-order chi connectivity index (χ0) is 13.3. The summed E-state index contributed by atoms with van der Waals surface area (Å²) in [4.78, 5) is 29.2. The van der Waals surface area contributed by atoms with E-state index in [2.05, 4.69) is 4.98 Å². The van der Waals surface area contributed by atoms with E-state index in [9.17, 15) is 9.59 Å². The third-order valence-electron chi connectivity index (χ3n) is 3.45. The van der Waals surface area contributed by atoms with Crippen molar-refractivity contribution in [3.63, 3.8) is 0 Å². The van der Waals surface area contributed by atoms with E-state index < -0.39 is 5.91 Å². The minimum absolute atomic E-state index is 0.0580. The molecule has 18 heavy (non-hydrogen) atoms. The van der Waals surface area contributed by atoms with Crippen molar-refractivity contribution in [1.29, 1.82) is 0 Å². The van der Waals surface area contributed by atoms with Gasteiger partial charge in [-0.05, 0) is 38.8 Å². The van der Waals surface area contributed by atoms with Gasteiger partial charge >= 0.3 is 0 Å². The van der Waals surface area contributed by atoms with Crippen molar-refractivity contribution < 1.29 is 9.59 Å². The number of carbonyl (C=O) groups excluding carboxylic acids is 2. The molecule has 1 fully saturated rings. The molecule has 0 aromatic carbocycles. The highest BCUT2D eigenvalue weighted by molar-refractivity contribution is 5.98. The summed E-state index contributed by atoms with van der Waals surface area (Å²) in [6, 6.07) is 3.55. The Morgan fingerprint density at radius 3 is 2.50 bits per heavy atom. The second-order valence-electron chi connectivity index (χ2n) is 4.78. The summed E-state index contributed by atoms with van der Waals surface area (Å²) in [5.41, 5.74) is 5.76. The lowest BCUT2D eigenvalue weighted by atomic mass is 10.1. The molecule has 0 radical (unpaired) electrons. The fourth-order valence-electron chi connectivity index (χ4n) is 2.44. The van der Waals surface area contributed by atoms with Crippen LogP contribution in [0, 0.1) is 0 Å². The Bertz CT molecular complexity index is 477. The van der Waals surface area contributed by atoms with Gasteiger partial charge < -0.3 is 10.6 Å². The highest BCUT2D eigenvalue weighted by Gasteiger charge is 2.32. The van der Waals surface area contributed by atoms with Crippen LogP contribution in [0.25, 0.3) is 0 Å². The highest BCUT2D eigenvalue weighted by Crippen LogP contribution is 2.25. The van der Waals surface area contributed by atoms with Gasteiger partial charge in [-0.15, -0.1) is 0 Å². The smallest absolute Gasteiger partial charge is 0.267 e. The predicted octanol–water partition coefficient (Wildman–Crippen LogP) is 1.19. The number of hydrogen-bond acceptors (Lipinski definition) is 3. The summed E-state index contributed by atoms with van der Waals surface area (Å²) in [6.07, 6.45) is 3.47. The molecule has 1 aliphatic heterocycles. The van der Waals surface area contributed by atoms with E-state index >= 15 is 0 Å².